The molecule has 3 aromatic rings. The summed E-state index contributed by atoms with van der Waals surface area (Å²) in [6.45, 7) is 1.44. The average Bonchev–Trinajstić information content (AvgIpc) is 2.90. The van der Waals surface area contributed by atoms with Crippen molar-refractivity contribution in [3.8, 4) is 5.88 Å². The molecule has 0 aliphatic heterocycles. The Morgan fingerprint density at radius 1 is 1.15 bits per heavy atom. The standard InChI is InChI=1S/C15H16N4O/c1-20-15-7-6-11(9-17-15)8-16-10-14-18-12-4-2-3-5-13(12)19-14/h2-7,9,16H,8,10H2,1H3,(H,18,19). The summed E-state index contributed by atoms with van der Waals surface area (Å²) in [7, 11) is 1.61. The maximum absolute atomic E-state index is 5.03. The molecule has 20 heavy (non-hydrogen) atoms. The van der Waals surface area contributed by atoms with Crippen LogP contribution in [0.1, 0.15) is 11.4 Å². The maximum Gasteiger partial charge on any atom is 0.212 e. The van der Waals surface area contributed by atoms with E-state index in [1.807, 2.05) is 42.6 Å². The Morgan fingerprint density at radius 2 is 2.05 bits per heavy atom. The molecule has 0 radical (unpaired) electrons. The van der Waals surface area contributed by atoms with Gasteiger partial charge in [0.2, 0.25) is 5.88 Å². The molecule has 5 heteroatoms. The van der Waals surface area contributed by atoms with E-state index >= 15 is 0 Å². The minimum absolute atomic E-state index is 0.631. The highest BCUT2D eigenvalue weighted by atomic mass is 16.5. The number of fused-ring (bicyclic) bond motifs is 1. The normalized spacial score (nSPS) is 10.8. The monoisotopic (exact) mass is 268 g/mol. The van der Waals surface area contributed by atoms with Crippen LogP contribution in [0.3, 0.4) is 0 Å². The maximum atomic E-state index is 5.03. The molecule has 0 saturated heterocycles. The molecule has 0 atom stereocenters. The molecule has 2 N–H and O–H groups in total. The van der Waals surface area contributed by atoms with Crippen molar-refractivity contribution in [1.29, 1.82) is 0 Å². The van der Waals surface area contributed by atoms with Gasteiger partial charge in [-0.3, -0.25) is 0 Å². The predicted molar refractivity (Wildman–Crippen MR) is 77.4 cm³/mol. The van der Waals surface area contributed by atoms with E-state index in [4.69, 9.17) is 4.74 Å². The highest BCUT2D eigenvalue weighted by Gasteiger charge is 2.01. The number of aromatic amines is 1. The first-order chi connectivity index (χ1) is 9.85. The Labute approximate surface area is 117 Å². The summed E-state index contributed by atoms with van der Waals surface area (Å²) in [4.78, 5) is 12.0. The van der Waals surface area contributed by atoms with Crippen LogP contribution in [0.4, 0.5) is 0 Å². The highest BCUT2D eigenvalue weighted by Crippen LogP contribution is 2.10. The van der Waals surface area contributed by atoms with Gasteiger partial charge in [-0.2, -0.15) is 0 Å². The SMILES string of the molecule is COc1ccc(CNCc2nc3ccccc3[nH]2)cn1. The van der Waals surface area contributed by atoms with Crippen LogP contribution >= 0.6 is 0 Å². The van der Waals surface area contributed by atoms with Crippen LogP contribution < -0.4 is 10.1 Å². The largest absolute Gasteiger partial charge is 0.481 e. The lowest BCUT2D eigenvalue weighted by molar-refractivity contribution is 0.397. The number of benzene rings is 1. The van der Waals surface area contributed by atoms with Crippen LogP contribution in [0.5, 0.6) is 5.88 Å². The average molecular weight is 268 g/mol. The van der Waals surface area contributed by atoms with Gasteiger partial charge < -0.3 is 15.0 Å². The molecule has 0 unspecified atom stereocenters. The van der Waals surface area contributed by atoms with Gasteiger partial charge >= 0.3 is 0 Å². The zero-order valence-corrected chi connectivity index (χ0v) is 11.3. The number of nitrogens with one attached hydrogen (secondary N) is 2. The second kappa shape index (κ2) is 5.71. The topological polar surface area (TPSA) is 62.8 Å². The molecule has 0 fully saturated rings. The van der Waals surface area contributed by atoms with Gasteiger partial charge in [-0.1, -0.05) is 18.2 Å². The first kappa shape index (κ1) is 12.6. The molecule has 3 rings (SSSR count). The molecule has 0 aliphatic rings. The van der Waals surface area contributed by atoms with Gasteiger partial charge in [-0.05, 0) is 17.7 Å². The van der Waals surface area contributed by atoms with E-state index in [0.717, 1.165) is 29.0 Å². The second-order valence-corrected chi connectivity index (χ2v) is 4.51. The Hall–Kier alpha value is -2.40. The fraction of sp³-hybridized carbons (Fsp3) is 0.200. The van der Waals surface area contributed by atoms with E-state index < -0.39 is 0 Å². The van der Waals surface area contributed by atoms with Crippen molar-refractivity contribution in [3.63, 3.8) is 0 Å². The van der Waals surface area contributed by atoms with E-state index in [1.54, 1.807) is 7.11 Å². The van der Waals surface area contributed by atoms with Gasteiger partial charge in [0, 0.05) is 18.8 Å². The summed E-state index contributed by atoms with van der Waals surface area (Å²) in [5, 5.41) is 3.34. The molecule has 2 aromatic heterocycles. The first-order valence-corrected chi connectivity index (χ1v) is 6.48. The van der Waals surface area contributed by atoms with E-state index in [9.17, 15) is 0 Å². The van der Waals surface area contributed by atoms with Crippen molar-refractivity contribution < 1.29 is 4.74 Å². The number of ether oxygens (including phenoxy) is 1. The molecule has 0 aliphatic carbocycles. The lowest BCUT2D eigenvalue weighted by Crippen LogP contribution is -2.13. The quantitative estimate of drug-likeness (QED) is 0.745. The van der Waals surface area contributed by atoms with Crippen molar-refractivity contribution in [2.24, 2.45) is 0 Å². The number of para-hydroxylation sites is 2. The minimum atomic E-state index is 0.631. The van der Waals surface area contributed by atoms with Gasteiger partial charge in [0.05, 0.1) is 24.7 Å². The Bertz CT molecular complexity index is 657. The molecule has 0 spiro atoms. The van der Waals surface area contributed by atoms with Crippen LogP contribution in [0.2, 0.25) is 0 Å². The molecule has 0 saturated carbocycles. The number of pyridine rings is 1. The summed E-state index contributed by atoms with van der Waals surface area (Å²) >= 11 is 0. The van der Waals surface area contributed by atoms with Crippen molar-refractivity contribution in [1.82, 2.24) is 20.3 Å². The number of hydrogen-bond acceptors (Lipinski definition) is 4. The predicted octanol–water partition coefficient (Wildman–Crippen LogP) is 2.26. The lowest BCUT2D eigenvalue weighted by Gasteiger charge is -2.03. The Balaban J connectivity index is 1.58. The first-order valence-electron chi connectivity index (χ1n) is 6.48. The number of imidazole rings is 1. The van der Waals surface area contributed by atoms with Gasteiger partial charge in [0.15, 0.2) is 0 Å². The van der Waals surface area contributed by atoms with Crippen molar-refractivity contribution in [3.05, 3.63) is 54.0 Å². The number of aromatic nitrogens is 3. The summed E-state index contributed by atoms with van der Waals surface area (Å²) in [6, 6.07) is 11.9. The summed E-state index contributed by atoms with van der Waals surface area (Å²) < 4.78 is 5.03. The zero-order valence-electron chi connectivity index (χ0n) is 11.3. The third-order valence-electron chi connectivity index (χ3n) is 3.07. The van der Waals surface area contributed by atoms with Crippen LogP contribution in [-0.2, 0) is 13.1 Å². The molecule has 0 bridgehead atoms. The molecule has 1 aromatic carbocycles. The van der Waals surface area contributed by atoms with E-state index in [-0.39, 0.29) is 0 Å². The number of rotatable bonds is 5. The van der Waals surface area contributed by atoms with E-state index in [1.165, 1.54) is 0 Å². The molecule has 102 valence electrons. The smallest absolute Gasteiger partial charge is 0.212 e. The van der Waals surface area contributed by atoms with Crippen molar-refractivity contribution >= 4 is 11.0 Å². The van der Waals surface area contributed by atoms with Crippen LogP contribution in [-0.4, -0.2) is 22.1 Å². The molecule has 2 heterocycles. The summed E-state index contributed by atoms with van der Waals surface area (Å²) in [5.41, 5.74) is 3.17. The zero-order chi connectivity index (χ0) is 13.8. The van der Waals surface area contributed by atoms with Crippen LogP contribution in [0.25, 0.3) is 11.0 Å². The second-order valence-electron chi connectivity index (χ2n) is 4.51. The summed E-state index contributed by atoms with van der Waals surface area (Å²) in [6.07, 6.45) is 1.81. The fourth-order valence-corrected chi connectivity index (χ4v) is 2.05. The molecular formula is C15H16N4O. The lowest BCUT2D eigenvalue weighted by atomic mass is 10.3. The molecule has 0 amide bonds. The number of methoxy groups -OCH3 is 1. The number of nitrogens with zero attached hydrogens (tertiary/aromatic N) is 2. The van der Waals surface area contributed by atoms with Crippen LogP contribution in [0, 0.1) is 0 Å². The third kappa shape index (κ3) is 2.78. The van der Waals surface area contributed by atoms with E-state index in [0.29, 0.717) is 12.4 Å². The Morgan fingerprint density at radius 3 is 2.80 bits per heavy atom. The van der Waals surface area contributed by atoms with Crippen molar-refractivity contribution in [2.45, 2.75) is 13.1 Å². The summed E-state index contributed by atoms with van der Waals surface area (Å²) in [5.74, 6) is 1.57. The number of hydrogen-bond donors (Lipinski definition) is 2. The van der Waals surface area contributed by atoms with Crippen LogP contribution in [0.15, 0.2) is 42.6 Å². The van der Waals surface area contributed by atoms with Crippen molar-refractivity contribution in [2.75, 3.05) is 7.11 Å². The molecular weight excluding hydrogens is 252 g/mol. The van der Waals surface area contributed by atoms with E-state index in [2.05, 4.69) is 20.3 Å². The highest BCUT2D eigenvalue weighted by molar-refractivity contribution is 5.74. The fourth-order valence-electron chi connectivity index (χ4n) is 2.05. The van der Waals surface area contributed by atoms with Gasteiger partial charge in [0.1, 0.15) is 5.82 Å². The minimum Gasteiger partial charge on any atom is -0.481 e. The third-order valence-corrected chi connectivity index (χ3v) is 3.07. The van der Waals surface area contributed by atoms with Gasteiger partial charge in [-0.15, -0.1) is 0 Å². The number of H-pyrrole nitrogens is 1. The molecule has 5 nitrogen and oxygen atoms in total. The van der Waals surface area contributed by atoms with Gasteiger partial charge in [-0.25, -0.2) is 9.97 Å². The van der Waals surface area contributed by atoms with Gasteiger partial charge in [0.25, 0.3) is 0 Å². The Kier molecular flexibility index (Phi) is 3.60.